The standard InChI is InChI=1S/C17H19Cl2NO/c1-3-8-20-11-13-4-6-14(18)10-15(13)12-5-7-17(21-2)16(19)9-12/h4-7,9-10,20H,3,8,11H2,1-2H3. The van der Waals surface area contributed by atoms with Gasteiger partial charge in [-0.25, -0.2) is 0 Å². The van der Waals surface area contributed by atoms with E-state index in [-0.39, 0.29) is 0 Å². The third kappa shape index (κ3) is 4.13. The van der Waals surface area contributed by atoms with Gasteiger partial charge in [0.15, 0.2) is 0 Å². The summed E-state index contributed by atoms with van der Waals surface area (Å²) >= 11 is 12.4. The molecule has 0 aliphatic carbocycles. The maximum atomic E-state index is 6.22. The number of nitrogens with one attached hydrogen (secondary N) is 1. The highest BCUT2D eigenvalue weighted by Gasteiger charge is 2.09. The van der Waals surface area contributed by atoms with Crippen molar-refractivity contribution in [2.75, 3.05) is 13.7 Å². The molecule has 0 unspecified atom stereocenters. The molecule has 2 rings (SSSR count). The Labute approximate surface area is 136 Å². The smallest absolute Gasteiger partial charge is 0.137 e. The van der Waals surface area contributed by atoms with Crippen molar-refractivity contribution in [2.45, 2.75) is 19.9 Å². The minimum absolute atomic E-state index is 0.599. The van der Waals surface area contributed by atoms with Gasteiger partial charge in [0.25, 0.3) is 0 Å². The van der Waals surface area contributed by atoms with Crippen LogP contribution in [0.1, 0.15) is 18.9 Å². The molecule has 0 aliphatic rings. The molecule has 0 saturated carbocycles. The number of rotatable bonds is 6. The number of hydrogen-bond acceptors (Lipinski definition) is 2. The summed E-state index contributed by atoms with van der Waals surface area (Å²) < 4.78 is 5.20. The number of methoxy groups -OCH3 is 1. The second kappa shape index (κ2) is 7.69. The van der Waals surface area contributed by atoms with E-state index in [1.54, 1.807) is 7.11 Å². The van der Waals surface area contributed by atoms with Gasteiger partial charge in [0.1, 0.15) is 5.75 Å². The number of ether oxygens (including phenoxy) is 1. The molecule has 1 N–H and O–H groups in total. The van der Waals surface area contributed by atoms with Crippen LogP contribution in [-0.4, -0.2) is 13.7 Å². The first-order chi connectivity index (χ1) is 10.2. The normalized spacial score (nSPS) is 10.7. The van der Waals surface area contributed by atoms with Crippen LogP contribution < -0.4 is 10.1 Å². The maximum absolute atomic E-state index is 6.22. The van der Waals surface area contributed by atoms with Crippen molar-refractivity contribution in [3.63, 3.8) is 0 Å². The van der Waals surface area contributed by atoms with E-state index < -0.39 is 0 Å². The van der Waals surface area contributed by atoms with Gasteiger partial charge in [0, 0.05) is 11.6 Å². The molecule has 0 bridgehead atoms. The minimum atomic E-state index is 0.599. The van der Waals surface area contributed by atoms with E-state index in [0.717, 1.165) is 35.7 Å². The highest BCUT2D eigenvalue weighted by molar-refractivity contribution is 6.32. The lowest BCUT2D eigenvalue weighted by Gasteiger charge is -2.13. The topological polar surface area (TPSA) is 21.3 Å². The summed E-state index contributed by atoms with van der Waals surface area (Å²) in [4.78, 5) is 0. The molecule has 4 heteroatoms. The summed E-state index contributed by atoms with van der Waals surface area (Å²) in [7, 11) is 1.61. The van der Waals surface area contributed by atoms with Crippen LogP contribution in [0.15, 0.2) is 36.4 Å². The van der Waals surface area contributed by atoms with E-state index in [2.05, 4.69) is 18.3 Å². The lowest BCUT2D eigenvalue weighted by Crippen LogP contribution is -2.14. The van der Waals surface area contributed by atoms with Crippen molar-refractivity contribution >= 4 is 23.2 Å². The van der Waals surface area contributed by atoms with Crippen molar-refractivity contribution < 1.29 is 4.74 Å². The molecule has 0 spiro atoms. The van der Waals surface area contributed by atoms with Crippen LogP contribution in [0, 0.1) is 0 Å². The van der Waals surface area contributed by atoms with E-state index in [0.29, 0.717) is 10.8 Å². The molecule has 0 heterocycles. The van der Waals surface area contributed by atoms with Crippen LogP contribution in [0.2, 0.25) is 10.0 Å². The van der Waals surface area contributed by atoms with Crippen LogP contribution in [0.5, 0.6) is 5.75 Å². The molecule has 0 atom stereocenters. The van der Waals surface area contributed by atoms with Gasteiger partial charge in [-0.05, 0) is 53.9 Å². The van der Waals surface area contributed by atoms with E-state index >= 15 is 0 Å². The molecule has 0 saturated heterocycles. The van der Waals surface area contributed by atoms with Gasteiger partial charge in [0.05, 0.1) is 12.1 Å². The molecular formula is C17H19Cl2NO. The zero-order valence-corrected chi connectivity index (χ0v) is 13.8. The number of benzene rings is 2. The molecule has 112 valence electrons. The molecule has 0 amide bonds. The van der Waals surface area contributed by atoms with Gasteiger partial charge < -0.3 is 10.1 Å². The molecule has 0 aliphatic heterocycles. The summed E-state index contributed by atoms with van der Waals surface area (Å²) in [5.74, 6) is 0.674. The largest absolute Gasteiger partial charge is 0.495 e. The second-order valence-corrected chi connectivity index (χ2v) is 5.67. The van der Waals surface area contributed by atoms with Gasteiger partial charge in [0.2, 0.25) is 0 Å². The monoisotopic (exact) mass is 323 g/mol. The van der Waals surface area contributed by atoms with Crippen LogP contribution in [0.3, 0.4) is 0 Å². The number of hydrogen-bond donors (Lipinski definition) is 1. The summed E-state index contributed by atoms with van der Waals surface area (Å²) in [5.41, 5.74) is 3.33. The van der Waals surface area contributed by atoms with Crippen molar-refractivity contribution in [3.8, 4) is 16.9 Å². The van der Waals surface area contributed by atoms with Gasteiger partial charge in [-0.1, -0.05) is 42.3 Å². The van der Waals surface area contributed by atoms with Crippen molar-refractivity contribution in [1.82, 2.24) is 5.32 Å². The molecule has 0 radical (unpaired) electrons. The molecule has 0 fully saturated rings. The molecule has 2 aromatic rings. The Hall–Kier alpha value is -1.22. The summed E-state index contributed by atoms with van der Waals surface area (Å²) in [6.07, 6.45) is 1.11. The first kappa shape index (κ1) is 16.2. The lowest BCUT2D eigenvalue weighted by molar-refractivity contribution is 0.415. The second-order valence-electron chi connectivity index (χ2n) is 4.83. The Bertz CT molecular complexity index is 614. The average Bonchev–Trinajstić information content (AvgIpc) is 2.49. The van der Waals surface area contributed by atoms with Crippen LogP contribution in [-0.2, 0) is 6.54 Å². The molecule has 2 aromatic carbocycles. The maximum Gasteiger partial charge on any atom is 0.137 e. The van der Waals surface area contributed by atoms with E-state index in [1.165, 1.54) is 5.56 Å². The van der Waals surface area contributed by atoms with E-state index in [9.17, 15) is 0 Å². The van der Waals surface area contributed by atoms with Crippen LogP contribution in [0.4, 0.5) is 0 Å². The average molecular weight is 324 g/mol. The van der Waals surface area contributed by atoms with Gasteiger partial charge >= 0.3 is 0 Å². The zero-order chi connectivity index (χ0) is 15.2. The Morgan fingerprint density at radius 3 is 2.57 bits per heavy atom. The molecular weight excluding hydrogens is 305 g/mol. The first-order valence-corrected chi connectivity index (χ1v) is 7.74. The Kier molecular flexibility index (Phi) is 5.92. The number of halogens is 2. The Morgan fingerprint density at radius 2 is 1.90 bits per heavy atom. The predicted octanol–water partition coefficient (Wildman–Crippen LogP) is 5.17. The summed E-state index contributed by atoms with van der Waals surface area (Å²) in [5, 5.41) is 4.74. The molecule has 21 heavy (non-hydrogen) atoms. The summed E-state index contributed by atoms with van der Waals surface area (Å²) in [6.45, 7) is 3.95. The van der Waals surface area contributed by atoms with Gasteiger partial charge in [-0.3, -0.25) is 0 Å². The fourth-order valence-electron chi connectivity index (χ4n) is 2.21. The van der Waals surface area contributed by atoms with E-state index in [4.69, 9.17) is 27.9 Å². The van der Waals surface area contributed by atoms with Gasteiger partial charge in [-0.2, -0.15) is 0 Å². The van der Waals surface area contributed by atoms with Crippen molar-refractivity contribution in [1.29, 1.82) is 0 Å². The van der Waals surface area contributed by atoms with E-state index in [1.807, 2.05) is 30.3 Å². The van der Waals surface area contributed by atoms with Gasteiger partial charge in [-0.15, -0.1) is 0 Å². The van der Waals surface area contributed by atoms with Crippen LogP contribution in [0.25, 0.3) is 11.1 Å². The fourth-order valence-corrected chi connectivity index (χ4v) is 2.64. The third-order valence-corrected chi connectivity index (χ3v) is 3.81. The highest BCUT2D eigenvalue weighted by Crippen LogP contribution is 2.33. The Morgan fingerprint density at radius 1 is 1.10 bits per heavy atom. The molecule has 0 aromatic heterocycles. The quantitative estimate of drug-likeness (QED) is 0.740. The lowest BCUT2D eigenvalue weighted by atomic mass is 9.99. The SMILES string of the molecule is CCCNCc1ccc(Cl)cc1-c1ccc(OC)c(Cl)c1. The predicted molar refractivity (Wildman–Crippen MR) is 90.4 cm³/mol. The summed E-state index contributed by atoms with van der Waals surface area (Å²) in [6, 6.07) is 11.7. The third-order valence-electron chi connectivity index (χ3n) is 3.28. The Balaban J connectivity index is 2.36. The zero-order valence-electron chi connectivity index (χ0n) is 12.2. The van der Waals surface area contributed by atoms with Crippen LogP contribution >= 0.6 is 23.2 Å². The first-order valence-electron chi connectivity index (χ1n) is 6.98. The van der Waals surface area contributed by atoms with Crippen molar-refractivity contribution in [3.05, 3.63) is 52.0 Å². The van der Waals surface area contributed by atoms with Crippen molar-refractivity contribution in [2.24, 2.45) is 0 Å². The fraction of sp³-hybridized carbons (Fsp3) is 0.294. The minimum Gasteiger partial charge on any atom is -0.495 e. The molecule has 2 nitrogen and oxygen atoms in total. The highest BCUT2D eigenvalue weighted by atomic mass is 35.5.